The highest BCUT2D eigenvalue weighted by Crippen LogP contribution is 2.30. The molecule has 3 atom stereocenters. The molecule has 9 nitrogen and oxygen atoms in total. The summed E-state index contributed by atoms with van der Waals surface area (Å²) in [6, 6.07) is 14.2. The lowest BCUT2D eigenvalue weighted by molar-refractivity contribution is -0.133. The predicted octanol–water partition coefficient (Wildman–Crippen LogP) is 1.26. The zero-order chi connectivity index (χ0) is 26.1. The number of hydrogen-bond acceptors (Lipinski definition) is 7. The molecule has 0 spiro atoms. The lowest BCUT2D eigenvalue weighted by atomic mass is 9.92. The van der Waals surface area contributed by atoms with E-state index in [1.165, 1.54) is 0 Å². The first kappa shape index (κ1) is 27.3. The zero-order valence-corrected chi connectivity index (χ0v) is 20.6. The minimum Gasteiger partial charge on any atom is -0.493 e. The van der Waals surface area contributed by atoms with Crippen molar-refractivity contribution >= 4 is 17.6 Å². The van der Waals surface area contributed by atoms with Gasteiger partial charge in [-0.15, -0.1) is 0 Å². The van der Waals surface area contributed by atoms with Gasteiger partial charge in [0.05, 0.1) is 32.5 Å². The van der Waals surface area contributed by atoms with Crippen LogP contribution in [0.15, 0.2) is 54.6 Å². The normalized spacial score (nSPS) is 18.2. The SMILES string of the molecule is CC(C)CC(NC(=O)[C@H](CO)NC(=O)c1cccc(OCCc2ccccc2)c1)C(=O)C1(CO)CO1. The lowest BCUT2D eigenvalue weighted by Gasteiger charge is -2.24. The van der Waals surface area contributed by atoms with Crippen LogP contribution in [0.4, 0.5) is 0 Å². The molecule has 0 aromatic heterocycles. The molecule has 1 saturated heterocycles. The summed E-state index contributed by atoms with van der Waals surface area (Å²) >= 11 is 0. The molecule has 4 N–H and O–H groups in total. The minimum atomic E-state index is -1.29. The van der Waals surface area contributed by atoms with Crippen LogP contribution >= 0.6 is 0 Å². The quantitative estimate of drug-likeness (QED) is 0.288. The first-order chi connectivity index (χ1) is 17.3. The van der Waals surface area contributed by atoms with Gasteiger partial charge in [-0.25, -0.2) is 0 Å². The van der Waals surface area contributed by atoms with E-state index in [-0.39, 0.29) is 18.1 Å². The van der Waals surface area contributed by atoms with Gasteiger partial charge in [-0.1, -0.05) is 50.2 Å². The monoisotopic (exact) mass is 498 g/mol. The highest BCUT2D eigenvalue weighted by Gasteiger charge is 2.54. The van der Waals surface area contributed by atoms with Gasteiger partial charge >= 0.3 is 0 Å². The van der Waals surface area contributed by atoms with Crippen LogP contribution in [0, 0.1) is 5.92 Å². The molecule has 0 radical (unpaired) electrons. The number of aliphatic hydroxyl groups is 2. The molecule has 1 aliphatic heterocycles. The molecule has 9 heteroatoms. The van der Waals surface area contributed by atoms with Crippen LogP contribution in [0.25, 0.3) is 0 Å². The second-order valence-corrected chi connectivity index (χ2v) is 9.32. The van der Waals surface area contributed by atoms with E-state index in [4.69, 9.17) is 9.47 Å². The van der Waals surface area contributed by atoms with Crippen molar-refractivity contribution in [1.82, 2.24) is 10.6 Å². The van der Waals surface area contributed by atoms with Crippen LogP contribution in [0.3, 0.4) is 0 Å². The number of Topliss-reactive ketones (excluding diaryl/α,β-unsaturated/α-hetero) is 1. The van der Waals surface area contributed by atoms with E-state index in [0.717, 1.165) is 5.56 Å². The Labute approximate surface area is 210 Å². The van der Waals surface area contributed by atoms with Crippen molar-refractivity contribution < 1.29 is 34.1 Å². The fourth-order valence-corrected chi connectivity index (χ4v) is 3.79. The maximum absolute atomic E-state index is 12.9. The Balaban J connectivity index is 1.59. The molecule has 0 saturated carbocycles. The van der Waals surface area contributed by atoms with Crippen LogP contribution in [0.5, 0.6) is 5.75 Å². The molecule has 2 aromatic rings. The van der Waals surface area contributed by atoms with Crippen molar-refractivity contribution in [3.05, 3.63) is 65.7 Å². The van der Waals surface area contributed by atoms with Gasteiger partial charge in [0.1, 0.15) is 11.8 Å². The van der Waals surface area contributed by atoms with Gasteiger partial charge in [0, 0.05) is 12.0 Å². The molecular formula is C27H34N2O7. The van der Waals surface area contributed by atoms with Gasteiger partial charge in [0.2, 0.25) is 5.91 Å². The summed E-state index contributed by atoms with van der Waals surface area (Å²) in [5.74, 6) is -1.11. The Hall–Kier alpha value is -3.27. The molecule has 36 heavy (non-hydrogen) atoms. The van der Waals surface area contributed by atoms with Crippen LogP contribution in [-0.2, 0) is 20.7 Å². The Morgan fingerprint density at radius 1 is 1.03 bits per heavy atom. The standard InChI is InChI=1S/C27H34N2O7/c1-18(2)13-22(24(32)27(16-31)17-36-27)28-26(34)23(15-30)29-25(33)20-9-6-10-21(14-20)35-12-11-19-7-4-3-5-8-19/h3-10,14,18,22-23,30-31H,11-13,15-17H2,1-2H3,(H,28,34)(H,29,33)/t22?,23-,27?/m0/s1. The van der Waals surface area contributed by atoms with Crippen LogP contribution in [-0.4, -0.2) is 71.9 Å². The maximum Gasteiger partial charge on any atom is 0.252 e. The molecule has 3 rings (SSSR count). The summed E-state index contributed by atoms with van der Waals surface area (Å²) < 4.78 is 10.9. The molecule has 2 amide bonds. The van der Waals surface area contributed by atoms with Gasteiger partial charge in [-0.3, -0.25) is 14.4 Å². The summed E-state index contributed by atoms with van der Waals surface area (Å²) in [4.78, 5) is 38.5. The molecule has 194 valence electrons. The van der Waals surface area contributed by atoms with Crippen molar-refractivity contribution in [3.8, 4) is 5.75 Å². The summed E-state index contributed by atoms with van der Waals surface area (Å²) in [7, 11) is 0. The third-order valence-electron chi connectivity index (χ3n) is 5.94. The third-order valence-corrected chi connectivity index (χ3v) is 5.94. The molecule has 0 bridgehead atoms. The van der Waals surface area contributed by atoms with Gasteiger partial charge in [0.25, 0.3) is 5.91 Å². The average Bonchev–Trinajstić information content (AvgIpc) is 3.68. The number of aliphatic hydroxyl groups excluding tert-OH is 2. The minimum absolute atomic E-state index is 0.0699. The van der Waals surface area contributed by atoms with E-state index < -0.39 is 48.5 Å². The number of epoxide rings is 1. The van der Waals surface area contributed by atoms with Crippen molar-refractivity contribution in [2.24, 2.45) is 5.92 Å². The first-order valence-electron chi connectivity index (χ1n) is 12.1. The highest BCUT2D eigenvalue weighted by molar-refractivity contribution is 6.00. The number of benzene rings is 2. The highest BCUT2D eigenvalue weighted by atomic mass is 16.6. The summed E-state index contributed by atoms with van der Waals surface area (Å²) in [6.07, 6.45) is 1.03. The average molecular weight is 499 g/mol. The Kier molecular flexibility index (Phi) is 9.58. The van der Waals surface area contributed by atoms with Crippen LogP contribution < -0.4 is 15.4 Å². The largest absolute Gasteiger partial charge is 0.493 e. The number of ketones is 1. The zero-order valence-electron chi connectivity index (χ0n) is 20.6. The number of ether oxygens (including phenoxy) is 2. The van der Waals surface area contributed by atoms with E-state index in [2.05, 4.69) is 10.6 Å². The fraction of sp³-hybridized carbons (Fsp3) is 0.444. The molecule has 2 unspecified atom stereocenters. The predicted molar refractivity (Wildman–Crippen MR) is 133 cm³/mol. The van der Waals surface area contributed by atoms with Gasteiger partial charge in [-0.05, 0) is 36.1 Å². The van der Waals surface area contributed by atoms with Gasteiger partial charge in [-0.2, -0.15) is 0 Å². The van der Waals surface area contributed by atoms with E-state index in [0.29, 0.717) is 25.2 Å². The van der Waals surface area contributed by atoms with Crippen molar-refractivity contribution in [1.29, 1.82) is 0 Å². The van der Waals surface area contributed by atoms with Crippen molar-refractivity contribution in [2.75, 3.05) is 26.4 Å². The van der Waals surface area contributed by atoms with E-state index in [1.54, 1.807) is 24.3 Å². The molecule has 0 aliphatic carbocycles. The number of amides is 2. The summed E-state index contributed by atoms with van der Waals surface area (Å²) in [5.41, 5.74) is 0.112. The fourth-order valence-electron chi connectivity index (χ4n) is 3.79. The second kappa shape index (κ2) is 12.6. The van der Waals surface area contributed by atoms with E-state index in [9.17, 15) is 24.6 Å². The third kappa shape index (κ3) is 7.36. The number of hydrogen-bond donors (Lipinski definition) is 4. The lowest BCUT2D eigenvalue weighted by Crippen LogP contribution is -2.55. The molecule has 2 aromatic carbocycles. The smallest absolute Gasteiger partial charge is 0.252 e. The molecule has 1 fully saturated rings. The number of nitrogens with one attached hydrogen (secondary N) is 2. The van der Waals surface area contributed by atoms with Crippen LogP contribution in [0.1, 0.15) is 36.2 Å². The molecular weight excluding hydrogens is 464 g/mol. The molecule has 1 heterocycles. The Bertz CT molecular complexity index is 1040. The Morgan fingerprint density at radius 3 is 2.36 bits per heavy atom. The Morgan fingerprint density at radius 2 is 1.75 bits per heavy atom. The van der Waals surface area contributed by atoms with Gasteiger partial charge < -0.3 is 30.3 Å². The maximum atomic E-state index is 12.9. The first-order valence-corrected chi connectivity index (χ1v) is 12.1. The topological polar surface area (TPSA) is 137 Å². The van der Waals surface area contributed by atoms with E-state index in [1.807, 2.05) is 44.2 Å². The van der Waals surface area contributed by atoms with Crippen molar-refractivity contribution in [2.45, 2.75) is 44.4 Å². The molecule has 1 aliphatic rings. The summed E-state index contributed by atoms with van der Waals surface area (Å²) in [5, 5.41) is 24.4. The number of carbonyl (C=O) groups is 3. The van der Waals surface area contributed by atoms with Crippen LogP contribution in [0.2, 0.25) is 0 Å². The van der Waals surface area contributed by atoms with E-state index >= 15 is 0 Å². The number of rotatable bonds is 14. The van der Waals surface area contributed by atoms with Crippen molar-refractivity contribution in [3.63, 3.8) is 0 Å². The summed E-state index contributed by atoms with van der Waals surface area (Å²) in [6.45, 7) is 3.19. The second-order valence-electron chi connectivity index (χ2n) is 9.32. The van der Waals surface area contributed by atoms with Gasteiger partial charge in [0.15, 0.2) is 11.4 Å². The number of carbonyl (C=O) groups excluding carboxylic acids is 3.